The predicted octanol–water partition coefficient (Wildman–Crippen LogP) is 3.89. The third-order valence-corrected chi connectivity index (χ3v) is 4.01. The number of amides is 1. The van der Waals surface area contributed by atoms with E-state index in [9.17, 15) is 9.59 Å². The van der Waals surface area contributed by atoms with Gasteiger partial charge in [-0.2, -0.15) is 0 Å². The SMILES string of the molecule is CCCCN(CCCC)C(=O)c1csc(C=CC(=O)O)c1. The highest BCUT2D eigenvalue weighted by Gasteiger charge is 2.16. The zero-order valence-electron chi connectivity index (χ0n) is 12.7. The number of aliphatic carboxylic acids is 1. The van der Waals surface area contributed by atoms with Crippen molar-refractivity contribution in [3.63, 3.8) is 0 Å². The second kappa shape index (κ2) is 9.34. The van der Waals surface area contributed by atoms with Gasteiger partial charge in [-0.1, -0.05) is 26.7 Å². The maximum atomic E-state index is 12.5. The molecule has 5 heteroatoms. The zero-order valence-corrected chi connectivity index (χ0v) is 13.5. The third kappa shape index (κ3) is 6.12. The van der Waals surface area contributed by atoms with Crippen LogP contribution in [0.2, 0.25) is 0 Å². The summed E-state index contributed by atoms with van der Waals surface area (Å²) >= 11 is 1.39. The molecule has 0 atom stereocenters. The maximum absolute atomic E-state index is 12.5. The number of hydrogen-bond donors (Lipinski definition) is 1. The van der Waals surface area contributed by atoms with Crippen LogP contribution in [0, 0.1) is 0 Å². The van der Waals surface area contributed by atoms with E-state index in [0.717, 1.165) is 49.7 Å². The molecule has 0 radical (unpaired) electrons. The summed E-state index contributed by atoms with van der Waals surface area (Å²) in [4.78, 5) is 25.7. The lowest BCUT2D eigenvalue weighted by atomic mass is 10.2. The molecule has 0 unspecified atom stereocenters. The van der Waals surface area contributed by atoms with E-state index in [2.05, 4.69) is 13.8 Å². The van der Waals surface area contributed by atoms with Crippen LogP contribution in [0.1, 0.15) is 54.8 Å². The fraction of sp³-hybridized carbons (Fsp3) is 0.500. The number of carboxylic acid groups (broad SMARTS) is 1. The van der Waals surface area contributed by atoms with Gasteiger partial charge in [0.05, 0.1) is 5.56 Å². The zero-order chi connectivity index (χ0) is 15.7. The molecule has 1 rings (SSSR count). The maximum Gasteiger partial charge on any atom is 0.328 e. The lowest BCUT2D eigenvalue weighted by Gasteiger charge is -2.21. The second-order valence-corrected chi connectivity index (χ2v) is 5.85. The van der Waals surface area contributed by atoms with Crippen LogP contribution in [0.3, 0.4) is 0 Å². The molecule has 4 nitrogen and oxygen atoms in total. The quantitative estimate of drug-likeness (QED) is 0.704. The minimum atomic E-state index is -0.983. The molecule has 1 aromatic heterocycles. The Balaban J connectivity index is 2.75. The Bertz CT molecular complexity index is 485. The van der Waals surface area contributed by atoms with E-state index in [1.54, 1.807) is 11.4 Å². The van der Waals surface area contributed by atoms with Gasteiger partial charge in [0.2, 0.25) is 0 Å². The van der Waals surface area contributed by atoms with Crippen LogP contribution in [-0.2, 0) is 4.79 Å². The van der Waals surface area contributed by atoms with Crippen LogP contribution in [0.15, 0.2) is 17.5 Å². The van der Waals surface area contributed by atoms with Crippen LogP contribution >= 0.6 is 11.3 Å². The van der Waals surface area contributed by atoms with Crippen molar-refractivity contribution in [2.75, 3.05) is 13.1 Å². The Labute approximate surface area is 130 Å². The van der Waals surface area contributed by atoms with Gasteiger partial charge >= 0.3 is 5.97 Å². The van der Waals surface area contributed by atoms with Gasteiger partial charge in [-0.05, 0) is 25.0 Å². The second-order valence-electron chi connectivity index (χ2n) is 4.91. The minimum absolute atomic E-state index is 0.0446. The number of carbonyl (C=O) groups is 2. The highest BCUT2D eigenvalue weighted by molar-refractivity contribution is 7.11. The van der Waals surface area contributed by atoms with Crippen molar-refractivity contribution in [3.8, 4) is 0 Å². The van der Waals surface area contributed by atoms with E-state index in [0.29, 0.717) is 5.56 Å². The lowest BCUT2D eigenvalue weighted by molar-refractivity contribution is -0.131. The van der Waals surface area contributed by atoms with Crippen LogP contribution < -0.4 is 0 Å². The summed E-state index contributed by atoms with van der Waals surface area (Å²) in [6.07, 6.45) is 6.74. The molecule has 116 valence electrons. The highest BCUT2D eigenvalue weighted by atomic mass is 32.1. The molecule has 0 aliphatic carbocycles. The number of rotatable bonds is 9. The van der Waals surface area contributed by atoms with Crippen molar-refractivity contribution in [1.82, 2.24) is 4.90 Å². The number of carboxylic acids is 1. The normalized spacial score (nSPS) is 11.0. The molecule has 0 spiro atoms. The van der Waals surface area contributed by atoms with Crippen molar-refractivity contribution in [2.24, 2.45) is 0 Å². The minimum Gasteiger partial charge on any atom is -0.478 e. The van der Waals surface area contributed by atoms with Crippen molar-refractivity contribution >= 4 is 29.3 Å². The Morgan fingerprint density at radius 2 is 1.86 bits per heavy atom. The molecular weight excluding hydrogens is 286 g/mol. The van der Waals surface area contributed by atoms with Gasteiger partial charge in [0.25, 0.3) is 5.91 Å². The van der Waals surface area contributed by atoms with E-state index in [4.69, 9.17) is 5.11 Å². The molecule has 0 fully saturated rings. The predicted molar refractivity (Wildman–Crippen MR) is 86.7 cm³/mol. The van der Waals surface area contributed by atoms with Crippen LogP contribution in [0.5, 0.6) is 0 Å². The summed E-state index contributed by atoms with van der Waals surface area (Å²) < 4.78 is 0. The third-order valence-electron chi connectivity index (χ3n) is 3.11. The molecule has 0 aromatic carbocycles. The van der Waals surface area contributed by atoms with Crippen LogP contribution in [0.4, 0.5) is 0 Å². The standard InChI is InChI=1S/C16H23NO3S/c1-3-5-9-17(10-6-4-2)16(20)13-11-14(21-12-13)7-8-15(18)19/h7-8,11-12H,3-6,9-10H2,1-2H3,(H,18,19). The van der Waals surface area contributed by atoms with Gasteiger partial charge in [-0.3, -0.25) is 4.79 Å². The largest absolute Gasteiger partial charge is 0.478 e. The summed E-state index contributed by atoms with van der Waals surface area (Å²) in [5, 5.41) is 10.4. The van der Waals surface area contributed by atoms with E-state index >= 15 is 0 Å². The number of thiophene rings is 1. The Morgan fingerprint density at radius 1 is 1.24 bits per heavy atom. The molecule has 0 aliphatic heterocycles. The summed E-state index contributed by atoms with van der Waals surface area (Å²) in [6.45, 7) is 5.79. The average molecular weight is 309 g/mol. The van der Waals surface area contributed by atoms with Gasteiger partial charge in [0.1, 0.15) is 0 Å². The Kier molecular flexibility index (Phi) is 7.75. The summed E-state index contributed by atoms with van der Waals surface area (Å²) in [7, 11) is 0. The first-order chi connectivity index (χ1) is 10.1. The fourth-order valence-corrected chi connectivity index (χ4v) is 2.67. The lowest BCUT2D eigenvalue weighted by Crippen LogP contribution is -2.32. The molecule has 0 aliphatic rings. The smallest absolute Gasteiger partial charge is 0.328 e. The topological polar surface area (TPSA) is 57.6 Å². The average Bonchev–Trinajstić information content (AvgIpc) is 2.93. The molecule has 0 saturated carbocycles. The summed E-state index contributed by atoms with van der Waals surface area (Å²) in [6, 6.07) is 1.76. The van der Waals surface area contributed by atoms with Gasteiger partial charge in [0, 0.05) is 29.4 Å². The molecule has 0 saturated heterocycles. The first-order valence-electron chi connectivity index (χ1n) is 7.37. The Morgan fingerprint density at radius 3 is 2.38 bits per heavy atom. The first-order valence-corrected chi connectivity index (χ1v) is 8.25. The monoisotopic (exact) mass is 309 g/mol. The molecular formula is C16H23NO3S. The van der Waals surface area contributed by atoms with E-state index in [1.807, 2.05) is 4.90 Å². The molecule has 21 heavy (non-hydrogen) atoms. The van der Waals surface area contributed by atoms with Crippen molar-refractivity contribution in [2.45, 2.75) is 39.5 Å². The van der Waals surface area contributed by atoms with Gasteiger partial charge in [0.15, 0.2) is 0 Å². The number of unbranched alkanes of at least 4 members (excludes halogenated alkanes) is 2. The van der Waals surface area contributed by atoms with Gasteiger partial charge in [-0.15, -0.1) is 11.3 Å². The number of carbonyl (C=O) groups excluding carboxylic acids is 1. The summed E-state index contributed by atoms with van der Waals surface area (Å²) in [5.41, 5.74) is 0.650. The fourth-order valence-electron chi connectivity index (χ4n) is 1.90. The Hall–Kier alpha value is -1.62. The molecule has 1 amide bonds. The summed E-state index contributed by atoms with van der Waals surface area (Å²) in [5.74, 6) is -0.938. The first kappa shape index (κ1) is 17.4. The van der Waals surface area contributed by atoms with Crippen molar-refractivity contribution in [1.29, 1.82) is 0 Å². The number of nitrogens with zero attached hydrogens (tertiary/aromatic N) is 1. The molecule has 1 aromatic rings. The van der Waals surface area contributed by atoms with E-state index < -0.39 is 5.97 Å². The molecule has 1 N–H and O–H groups in total. The van der Waals surface area contributed by atoms with Crippen molar-refractivity contribution in [3.05, 3.63) is 28.0 Å². The number of hydrogen-bond acceptors (Lipinski definition) is 3. The molecule has 0 bridgehead atoms. The van der Waals surface area contributed by atoms with Gasteiger partial charge < -0.3 is 10.0 Å². The van der Waals surface area contributed by atoms with Crippen LogP contribution in [-0.4, -0.2) is 35.0 Å². The van der Waals surface area contributed by atoms with Crippen molar-refractivity contribution < 1.29 is 14.7 Å². The molecule has 1 heterocycles. The van der Waals surface area contributed by atoms with E-state index in [-0.39, 0.29) is 5.91 Å². The highest BCUT2D eigenvalue weighted by Crippen LogP contribution is 2.18. The van der Waals surface area contributed by atoms with Gasteiger partial charge in [-0.25, -0.2) is 4.79 Å². The van der Waals surface area contributed by atoms with E-state index in [1.165, 1.54) is 17.4 Å². The van der Waals surface area contributed by atoms with Crippen LogP contribution in [0.25, 0.3) is 6.08 Å².